The third-order valence-corrected chi connectivity index (χ3v) is 1.91. The topological polar surface area (TPSA) is 73.8 Å². The molecule has 0 aliphatic carbocycles. The fourth-order valence-corrected chi connectivity index (χ4v) is 1.26. The first-order valence-electron chi connectivity index (χ1n) is 4.17. The largest absolute Gasteiger partial charge is 0.264 e. The summed E-state index contributed by atoms with van der Waals surface area (Å²) in [6.07, 6.45) is 0. The van der Waals surface area contributed by atoms with Crippen LogP contribution in [0.15, 0.2) is 24.3 Å². The first-order valence-corrected chi connectivity index (χ1v) is 4.17. The van der Waals surface area contributed by atoms with Gasteiger partial charge in [0, 0.05) is 4.92 Å². The van der Waals surface area contributed by atoms with Gasteiger partial charge in [-0.2, -0.15) is 0 Å². The minimum atomic E-state index is -0.365. The predicted octanol–water partition coefficient (Wildman–Crippen LogP) is 0.708. The van der Waals surface area contributed by atoms with E-state index in [9.17, 15) is 10.1 Å². The average Bonchev–Trinajstić information content (AvgIpc) is 2.58. The zero-order chi connectivity index (χ0) is 9.97. The van der Waals surface area contributed by atoms with E-state index >= 15 is 0 Å². The lowest BCUT2D eigenvalue weighted by Gasteiger charge is -1.96. The predicted molar refractivity (Wildman–Crippen MR) is 49.4 cm³/mol. The van der Waals surface area contributed by atoms with Crippen molar-refractivity contribution in [2.45, 2.75) is 6.54 Å². The molecule has 0 aliphatic heterocycles. The summed E-state index contributed by atoms with van der Waals surface area (Å²) in [6.45, 7) is 0.126. The fourth-order valence-electron chi connectivity index (χ4n) is 1.26. The van der Waals surface area contributed by atoms with Gasteiger partial charge in [0.2, 0.25) is 6.54 Å². The lowest BCUT2D eigenvalue weighted by molar-refractivity contribution is -0.481. The molecule has 2 rings (SSSR count). The normalized spacial score (nSPS) is 10.6. The molecule has 6 nitrogen and oxygen atoms in total. The van der Waals surface area contributed by atoms with Crippen molar-refractivity contribution in [2.75, 3.05) is 6.54 Å². The molecule has 6 heteroatoms. The molecule has 2 aromatic rings. The van der Waals surface area contributed by atoms with Crippen molar-refractivity contribution in [2.24, 2.45) is 0 Å². The van der Waals surface area contributed by atoms with Crippen LogP contribution < -0.4 is 0 Å². The molecule has 0 radical (unpaired) electrons. The molecule has 1 aromatic carbocycles. The van der Waals surface area contributed by atoms with Crippen molar-refractivity contribution >= 4 is 11.0 Å². The molecule has 0 aliphatic rings. The maximum absolute atomic E-state index is 10.2. The van der Waals surface area contributed by atoms with Crippen molar-refractivity contribution in [3.05, 3.63) is 34.4 Å². The first-order chi connectivity index (χ1) is 6.77. The van der Waals surface area contributed by atoms with Crippen LogP contribution >= 0.6 is 0 Å². The Bertz CT molecular complexity index is 465. The van der Waals surface area contributed by atoms with E-state index in [-0.39, 0.29) is 18.0 Å². The Morgan fingerprint density at radius 3 is 3.00 bits per heavy atom. The van der Waals surface area contributed by atoms with Gasteiger partial charge >= 0.3 is 0 Å². The Balaban J connectivity index is 2.29. The van der Waals surface area contributed by atoms with Crippen molar-refractivity contribution < 1.29 is 4.92 Å². The second-order valence-electron chi connectivity index (χ2n) is 2.86. The minimum Gasteiger partial charge on any atom is -0.264 e. The monoisotopic (exact) mass is 192 g/mol. The van der Waals surface area contributed by atoms with Gasteiger partial charge in [0.25, 0.3) is 0 Å². The van der Waals surface area contributed by atoms with Crippen LogP contribution in [0.25, 0.3) is 11.0 Å². The Morgan fingerprint density at radius 1 is 1.43 bits per heavy atom. The molecule has 1 aromatic heterocycles. The van der Waals surface area contributed by atoms with Gasteiger partial charge in [-0.05, 0) is 12.1 Å². The highest BCUT2D eigenvalue weighted by atomic mass is 16.6. The number of rotatable bonds is 3. The number of nitro groups is 1. The van der Waals surface area contributed by atoms with Gasteiger partial charge in [0.15, 0.2) is 0 Å². The summed E-state index contributed by atoms with van der Waals surface area (Å²) in [4.78, 5) is 9.81. The first kappa shape index (κ1) is 8.61. The highest BCUT2D eigenvalue weighted by molar-refractivity contribution is 5.73. The average molecular weight is 192 g/mol. The standard InChI is InChI=1S/C8H8N4O2/c13-12(14)6-5-11-8-4-2-1-3-7(8)9-10-11/h1-4H,5-6H2. The van der Waals surface area contributed by atoms with E-state index in [1.165, 1.54) is 4.68 Å². The van der Waals surface area contributed by atoms with Crippen molar-refractivity contribution in [3.8, 4) is 0 Å². The lowest BCUT2D eigenvalue weighted by Crippen LogP contribution is -2.11. The van der Waals surface area contributed by atoms with Gasteiger partial charge < -0.3 is 0 Å². The van der Waals surface area contributed by atoms with Gasteiger partial charge in [0.05, 0.1) is 5.52 Å². The quantitative estimate of drug-likeness (QED) is 0.530. The summed E-state index contributed by atoms with van der Waals surface area (Å²) >= 11 is 0. The van der Waals surface area contributed by atoms with Gasteiger partial charge in [-0.25, -0.2) is 4.68 Å². The molecule has 0 fully saturated rings. The van der Waals surface area contributed by atoms with Gasteiger partial charge in [-0.3, -0.25) is 10.1 Å². The zero-order valence-electron chi connectivity index (χ0n) is 7.33. The van der Waals surface area contributed by atoms with Gasteiger partial charge in [-0.15, -0.1) is 5.10 Å². The van der Waals surface area contributed by atoms with Gasteiger partial charge in [0.1, 0.15) is 12.1 Å². The van der Waals surface area contributed by atoms with E-state index in [4.69, 9.17) is 0 Å². The van der Waals surface area contributed by atoms with E-state index in [0.717, 1.165) is 11.0 Å². The zero-order valence-corrected chi connectivity index (χ0v) is 7.33. The van der Waals surface area contributed by atoms with Gasteiger partial charge in [-0.1, -0.05) is 17.3 Å². The molecule has 1 heterocycles. The van der Waals surface area contributed by atoms with Crippen molar-refractivity contribution in [3.63, 3.8) is 0 Å². The number of nitrogens with zero attached hydrogens (tertiary/aromatic N) is 4. The highest BCUT2D eigenvalue weighted by Gasteiger charge is 2.05. The Morgan fingerprint density at radius 2 is 2.21 bits per heavy atom. The molecule has 0 atom stereocenters. The Labute approximate surface area is 79.3 Å². The van der Waals surface area contributed by atoms with Crippen LogP contribution in [0.2, 0.25) is 0 Å². The highest BCUT2D eigenvalue weighted by Crippen LogP contribution is 2.08. The van der Waals surface area contributed by atoms with Crippen molar-refractivity contribution in [1.82, 2.24) is 15.0 Å². The van der Waals surface area contributed by atoms with E-state index in [0.29, 0.717) is 0 Å². The molecule has 0 saturated carbocycles. The third-order valence-electron chi connectivity index (χ3n) is 1.91. The number of hydrogen-bond acceptors (Lipinski definition) is 4. The molecular formula is C8H8N4O2. The van der Waals surface area contributed by atoms with Crippen LogP contribution in [-0.4, -0.2) is 26.5 Å². The summed E-state index contributed by atoms with van der Waals surface area (Å²) in [5.74, 6) is 0. The molecule has 0 saturated heterocycles. The number of aromatic nitrogens is 3. The Hall–Kier alpha value is -1.98. The fraction of sp³-hybridized carbons (Fsp3) is 0.250. The molecule has 14 heavy (non-hydrogen) atoms. The molecule has 0 amide bonds. The summed E-state index contributed by atoms with van der Waals surface area (Å²) in [7, 11) is 0. The summed E-state index contributed by atoms with van der Waals surface area (Å²) in [5.41, 5.74) is 1.59. The molecule has 0 spiro atoms. The molecule has 72 valence electrons. The number of benzene rings is 1. The van der Waals surface area contributed by atoms with Crippen LogP contribution in [0, 0.1) is 10.1 Å². The van der Waals surface area contributed by atoms with E-state index in [1.807, 2.05) is 24.3 Å². The third kappa shape index (κ3) is 1.54. The molecule has 0 unspecified atom stereocenters. The van der Waals surface area contributed by atoms with Crippen LogP contribution in [0.4, 0.5) is 0 Å². The summed E-state index contributed by atoms with van der Waals surface area (Å²) in [6, 6.07) is 7.38. The summed E-state index contributed by atoms with van der Waals surface area (Å²) in [5, 5.41) is 17.9. The second kappa shape index (κ2) is 3.41. The van der Waals surface area contributed by atoms with Crippen LogP contribution in [-0.2, 0) is 6.54 Å². The number of fused-ring (bicyclic) bond motifs is 1. The van der Waals surface area contributed by atoms with E-state index < -0.39 is 0 Å². The van der Waals surface area contributed by atoms with Crippen LogP contribution in [0.3, 0.4) is 0 Å². The van der Waals surface area contributed by atoms with E-state index in [1.54, 1.807) is 0 Å². The Kier molecular flexibility index (Phi) is 2.10. The van der Waals surface area contributed by atoms with Crippen LogP contribution in [0.5, 0.6) is 0 Å². The lowest BCUT2D eigenvalue weighted by atomic mass is 10.3. The number of para-hydroxylation sites is 1. The molecule has 0 bridgehead atoms. The SMILES string of the molecule is O=[N+]([O-])CCn1nnc2ccccc21. The minimum absolute atomic E-state index is 0.132. The smallest absolute Gasteiger partial charge is 0.223 e. The van der Waals surface area contributed by atoms with Crippen molar-refractivity contribution in [1.29, 1.82) is 0 Å². The molecular weight excluding hydrogens is 184 g/mol. The second-order valence-corrected chi connectivity index (χ2v) is 2.86. The maximum atomic E-state index is 10.2. The van der Waals surface area contributed by atoms with Crippen LogP contribution in [0.1, 0.15) is 0 Å². The van der Waals surface area contributed by atoms with E-state index in [2.05, 4.69) is 10.3 Å². The maximum Gasteiger partial charge on any atom is 0.223 e. The number of hydrogen-bond donors (Lipinski definition) is 0. The molecule has 0 N–H and O–H groups in total. The summed E-state index contributed by atoms with van der Waals surface area (Å²) < 4.78 is 1.54.